The summed E-state index contributed by atoms with van der Waals surface area (Å²) in [5.74, 6) is 0.997. The molecular formula is C17H16ClN3O4S. The minimum absolute atomic E-state index is 0.107. The van der Waals surface area contributed by atoms with Crippen molar-refractivity contribution < 1.29 is 17.7 Å². The van der Waals surface area contributed by atoms with E-state index in [2.05, 4.69) is 14.9 Å². The van der Waals surface area contributed by atoms with Crippen molar-refractivity contribution in [2.24, 2.45) is 0 Å². The van der Waals surface area contributed by atoms with Crippen LogP contribution in [0.4, 0.5) is 0 Å². The van der Waals surface area contributed by atoms with E-state index in [-0.39, 0.29) is 10.8 Å². The summed E-state index contributed by atoms with van der Waals surface area (Å²) < 4.78 is 37.7. The molecule has 0 radical (unpaired) electrons. The third kappa shape index (κ3) is 3.87. The van der Waals surface area contributed by atoms with Gasteiger partial charge in [0.1, 0.15) is 5.75 Å². The van der Waals surface area contributed by atoms with E-state index in [1.54, 1.807) is 43.3 Å². The first kappa shape index (κ1) is 18.4. The molecule has 1 unspecified atom stereocenters. The lowest BCUT2D eigenvalue weighted by atomic mass is 10.2. The molecule has 1 aromatic heterocycles. The second-order valence-corrected chi connectivity index (χ2v) is 7.58. The quantitative estimate of drug-likeness (QED) is 0.689. The van der Waals surface area contributed by atoms with E-state index in [4.69, 9.17) is 20.9 Å². The van der Waals surface area contributed by atoms with Crippen LogP contribution in [0.25, 0.3) is 11.4 Å². The van der Waals surface area contributed by atoms with Crippen molar-refractivity contribution >= 4 is 21.6 Å². The van der Waals surface area contributed by atoms with Gasteiger partial charge in [0.25, 0.3) is 0 Å². The molecule has 1 atom stereocenters. The highest BCUT2D eigenvalue weighted by Gasteiger charge is 2.23. The van der Waals surface area contributed by atoms with Crippen molar-refractivity contribution in [3.05, 3.63) is 59.4 Å². The summed E-state index contributed by atoms with van der Waals surface area (Å²) >= 11 is 6.12. The zero-order valence-electron chi connectivity index (χ0n) is 14.0. The Morgan fingerprint density at radius 1 is 1.15 bits per heavy atom. The lowest BCUT2D eigenvalue weighted by Crippen LogP contribution is -2.27. The van der Waals surface area contributed by atoms with Crippen LogP contribution in [0, 0.1) is 0 Å². The van der Waals surface area contributed by atoms with Gasteiger partial charge in [-0.1, -0.05) is 28.9 Å². The second kappa shape index (κ2) is 7.45. The van der Waals surface area contributed by atoms with Gasteiger partial charge in [0, 0.05) is 5.56 Å². The van der Waals surface area contributed by atoms with Crippen LogP contribution in [0.15, 0.2) is 57.9 Å². The predicted octanol–water partition coefficient (Wildman–Crippen LogP) is 3.44. The third-order valence-corrected chi connectivity index (χ3v) is 5.51. The Hall–Kier alpha value is -2.42. The molecule has 3 rings (SSSR count). The SMILES string of the molecule is COc1ccc(S(=O)(=O)NC(C)c2nc(-c3ccccc3Cl)no2)cc1. The van der Waals surface area contributed by atoms with Crippen LogP contribution in [-0.2, 0) is 10.0 Å². The monoisotopic (exact) mass is 393 g/mol. The highest BCUT2D eigenvalue weighted by atomic mass is 35.5. The Morgan fingerprint density at radius 3 is 2.50 bits per heavy atom. The number of benzene rings is 2. The van der Waals surface area contributed by atoms with Crippen LogP contribution in [-0.4, -0.2) is 25.7 Å². The van der Waals surface area contributed by atoms with Crippen molar-refractivity contribution in [2.45, 2.75) is 17.9 Å². The Kier molecular flexibility index (Phi) is 5.26. The molecule has 0 bridgehead atoms. The molecule has 0 aliphatic carbocycles. The Balaban J connectivity index is 1.79. The summed E-state index contributed by atoms with van der Waals surface area (Å²) in [6, 6.07) is 12.4. The van der Waals surface area contributed by atoms with Crippen LogP contribution in [0.3, 0.4) is 0 Å². The van der Waals surface area contributed by atoms with Crippen molar-refractivity contribution in [1.82, 2.24) is 14.9 Å². The lowest BCUT2D eigenvalue weighted by Gasteiger charge is -2.11. The van der Waals surface area contributed by atoms with E-state index in [1.807, 2.05) is 0 Å². The van der Waals surface area contributed by atoms with E-state index in [0.717, 1.165) is 0 Å². The smallest absolute Gasteiger partial charge is 0.244 e. The van der Waals surface area contributed by atoms with Gasteiger partial charge in [0.05, 0.1) is 23.1 Å². The van der Waals surface area contributed by atoms with Gasteiger partial charge < -0.3 is 9.26 Å². The second-order valence-electron chi connectivity index (χ2n) is 5.45. The van der Waals surface area contributed by atoms with Crippen LogP contribution in [0.2, 0.25) is 5.02 Å². The summed E-state index contributed by atoms with van der Waals surface area (Å²) in [5, 5.41) is 4.35. The topological polar surface area (TPSA) is 94.3 Å². The third-order valence-electron chi connectivity index (χ3n) is 3.63. The van der Waals surface area contributed by atoms with Gasteiger partial charge in [-0.2, -0.15) is 9.71 Å². The number of hydrogen-bond donors (Lipinski definition) is 1. The highest BCUT2D eigenvalue weighted by Crippen LogP contribution is 2.26. The number of ether oxygens (including phenoxy) is 1. The van der Waals surface area contributed by atoms with Crippen molar-refractivity contribution in [1.29, 1.82) is 0 Å². The normalized spacial score (nSPS) is 12.7. The van der Waals surface area contributed by atoms with E-state index in [9.17, 15) is 8.42 Å². The minimum Gasteiger partial charge on any atom is -0.497 e. The maximum atomic E-state index is 12.5. The molecule has 26 heavy (non-hydrogen) atoms. The van der Waals surface area contributed by atoms with Gasteiger partial charge in [0.2, 0.25) is 21.7 Å². The van der Waals surface area contributed by atoms with Gasteiger partial charge in [-0.25, -0.2) is 8.42 Å². The standard InChI is InChI=1S/C17H16ClN3O4S/c1-11(21-26(22,23)13-9-7-12(24-2)8-10-13)17-19-16(20-25-17)14-5-3-4-6-15(14)18/h3-11,21H,1-2H3. The predicted molar refractivity (Wildman–Crippen MR) is 96.5 cm³/mol. The number of aromatic nitrogens is 2. The van der Waals surface area contributed by atoms with Crippen molar-refractivity contribution in [3.8, 4) is 17.1 Å². The number of rotatable bonds is 6. The first-order valence-electron chi connectivity index (χ1n) is 7.65. The maximum Gasteiger partial charge on any atom is 0.244 e. The number of methoxy groups -OCH3 is 1. The summed E-state index contributed by atoms with van der Waals surface area (Å²) in [4.78, 5) is 4.34. The van der Waals surface area contributed by atoms with Crippen LogP contribution in [0.5, 0.6) is 5.75 Å². The first-order chi connectivity index (χ1) is 12.4. The molecule has 7 nitrogen and oxygen atoms in total. The highest BCUT2D eigenvalue weighted by molar-refractivity contribution is 7.89. The molecule has 0 amide bonds. The van der Waals surface area contributed by atoms with Gasteiger partial charge >= 0.3 is 0 Å². The molecule has 0 fully saturated rings. The van der Waals surface area contributed by atoms with E-state index < -0.39 is 16.1 Å². The fourth-order valence-electron chi connectivity index (χ4n) is 2.27. The average Bonchev–Trinajstić information content (AvgIpc) is 3.12. The van der Waals surface area contributed by atoms with Gasteiger partial charge in [-0.3, -0.25) is 0 Å². The van der Waals surface area contributed by atoms with Gasteiger partial charge in [-0.15, -0.1) is 0 Å². The summed E-state index contributed by atoms with van der Waals surface area (Å²) in [5.41, 5.74) is 0.606. The molecule has 1 N–H and O–H groups in total. The molecule has 3 aromatic rings. The van der Waals surface area contributed by atoms with Gasteiger partial charge in [-0.05, 0) is 43.3 Å². The molecule has 1 heterocycles. The molecule has 0 aliphatic heterocycles. The van der Waals surface area contributed by atoms with E-state index >= 15 is 0 Å². The lowest BCUT2D eigenvalue weighted by molar-refractivity contribution is 0.354. The largest absolute Gasteiger partial charge is 0.497 e. The van der Waals surface area contributed by atoms with Crippen LogP contribution >= 0.6 is 11.6 Å². The summed E-state index contributed by atoms with van der Waals surface area (Å²) in [6.45, 7) is 1.62. The van der Waals surface area contributed by atoms with Crippen LogP contribution in [0.1, 0.15) is 18.9 Å². The number of halogens is 1. The Labute approximate surface area is 156 Å². The maximum absolute atomic E-state index is 12.5. The zero-order chi connectivity index (χ0) is 18.7. The molecule has 0 saturated heterocycles. The zero-order valence-corrected chi connectivity index (χ0v) is 15.6. The van der Waals surface area contributed by atoms with Gasteiger partial charge in [0.15, 0.2) is 0 Å². The number of nitrogens with zero attached hydrogens (tertiary/aromatic N) is 2. The Bertz CT molecular complexity index is 1000. The molecular weight excluding hydrogens is 378 g/mol. The minimum atomic E-state index is -3.76. The molecule has 2 aromatic carbocycles. The fourth-order valence-corrected chi connectivity index (χ4v) is 3.69. The molecule has 0 saturated carbocycles. The number of hydrogen-bond acceptors (Lipinski definition) is 6. The molecule has 136 valence electrons. The number of nitrogens with one attached hydrogen (secondary N) is 1. The van der Waals surface area contributed by atoms with E-state index in [0.29, 0.717) is 22.2 Å². The van der Waals surface area contributed by atoms with Crippen molar-refractivity contribution in [3.63, 3.8) is 0 Å². The number of sulfonamides is 1. The summed E-state index contributed by atoms with van der Waals surface area (Å²) in [7, 11) is -2.25. The van der Waals surface area contributed by atoms with Crippen LogP contribution < -0.4 is 9.46 Å². The Morgan fingerprint density at radius 2 is 1.85 bits per heavy atom. The van der Waals surface area contributed by atoms with E-state index in [1.165, 1.54) is 19.2 Å². The molecule has 0 aliphatic rings. The average molecular weight is 394 g/mol. The molecule has 0 spiro atoms. The first-order valence-corrected chi connectivity index (χ1v) is 9.52. The van der Waals surface area contributed by atoms with Crippen molar-refractivity contribution in [2.75, 3.05) is 7.11 Å². The fraction of sp³-hybridized carbons (Fsp3) is 0.176. The summed E-state index contributed by atoms with van der Waals surface area (Å²) in [6.07, 6.45) is 0. The molecule has 9 heteroatoms.